The molecule has 2 amide bonds. The Kier molecular flexibility index (Phi) is 3.37. The van der Waals surface area contributed by atoms with E-state index < -0.39 is 0 Å². The molecule has 1 aromatic heterocycles. The van der Waals surface area contributed by atoms with Gasteiger partial charge in [-0.2, -0.15) is 0 Å². The van der Waals surface area contributed by atoms with Gasteiger partial charge in [0.25, 0.3) is 0 Å². The van der Waals surface area contributed by atoms with Gasteiger partial charge in [-0.05, 0) is 18.6 Å². The molecule has 0 bridgehead atoms. The molecule has 2 aliphatic heterocycles. The van der Waals surface area contributed by atoms with Crippen LogP contribution >= 0.6 is 0 Å². The number of hydrogen-bond acceptors (Lipinski definition) is 4. The highest BCUT2D eigenvalue weighted by Crippen LogP contribution is 2.21. The average Bonchev–Trinajstić information content (AvgIpc) is 2.96. The molecule has 1 N–H and O–H groups in total. The summed E-state index contributed by atoms with van der Waals surface area (Å²) in [6.07, 6.45) is 0.988. The normalized spacial score (nSPS) is 21.1. The predicted octanol–water partition coefficient (Wildman–Crippen LogP) is 1.10. The number of benzene rings is 1. The van der Waals surface area contributed by atoms with Gasteiger partial charge in [-0.1, -0.05) is 18.2 Å². The van der Waals surface area contributed by atoms with E-state index in [0.717, 1.165) is 10.9 Å². The second kappa shape index (κ2) is 5.53. The number of ether oxygens (including phenoxy) is 1. The lowest BCUT2D eigenvalue weighted by atomic mass is 10.1. The molecule has 4 rings (SSSR count). The summed E-state index contributed by atoms with van der Waals surface area (Å²) in [4.78, 5) is 29.6. The van der Waals surface area contributed by atoms with Gasteiger partial charge in [0.2, 0.25) is 17.7 Å². The zero-order chi connectivity index (χ0) is 15.8. The van der Waals surface area contributed by atoms with Crippen molar-refractivity contribution < 1.29 is 14.3 Å². The number of pyridine rings is 1. The molecule has 3 heterocycles. The minimum atomic E-state index is -0.359. The zero-order valence-corrected chi connectivity index (χ0v) is 12.6. The fourth-order valence-corrected chi connectivity index (χ4v) is 3.00. The Hall–Kier alpha value is -2.63. The molecule has 0 saturated carbocycles. The molecule has 0 spiro atoms. The van der Waals surface area contributed by atoms with Gasteiger partial charge >= 0.3 is 0 Å². The summed E-state index contributed by atoms with van der Waals surface area (Å²) < 4.78 is 5.83. The molecular formula is C17H17N3O3. The van der Waals surface area contributed by atoms with Crippen molar-refractivity contribution >= 4 is 22.7 Å². The van der Waals surface area contributed by atoms with E-state index >= 15 is 0 Å². The van der Waals surface area contributed by atoms with Crippen LogP contribution in [0.1, 0.15) is 12.8 Å². The lowest BCUT2D eigenvalue weighted by Gasteiger charge is -2.39. The largest absolute Gasteiger partial charge is 0.471 e. The van der Waals surface area contributed by atoms with Gasteiger partial charge in [-0.25, -0.2) is 4.98 Å². The lowest BCUT2D eigenvalue weighted by Crippen LogP contribution is -2.59. The van der Waals surface area contributed by atoms with Gasteiger partial charge < -0.3 is 15.0 Å². The summed E-state index contributed by atoms with van der Waals surface area (Å²) in [5, 5.41) is 3.78. The second-order valence-electron chi connectivity index (χ2n) is 5.98. The van der Waals surface area contributed by atoms with Gasteiger partial charge in [-0.3, -0.25) is 9.59 Å². The average molecular weight is 311 g/mol. The first kappa shape index (κ1) is 14.0. The number of amides is 2. The standard InChI is InChI=1S/C17H17N3O3/c21-15-7-6-14(18-15)17(22)20-9-12(10-20)23-16-8-5-11-3-1-2-4-13(11)19-16/h1-5,8,12,14H,6-7,9-10H2,(H,18,21). The van der Waals surface area contributed by atoms with Crippen molar-refractivity contribution in [1.82, 2.24) is 15.2 Å². The van der Waals surface area contributed by atoms with E-state index in [4.69, 9.17) is 4.74 Å². The molecule has 2 saturated heterocycles. The summed E-state index contributed by atoms with van der Waals surface area (Å²) in [5.74, 6) is 0.522. The minimum absolute atomic E-state index is 0.0119. The van der Waals surface area contributed by atoms with E-state index in [1.54, 1.807) is 4.90 Å². The van der Waals surface area contributed by atoms with Gasteiger partial charge in [0.1, 0.15) is 12.1 Å². The zero-order valence-electron chi connectivity index (χ0n) is 12.6. The first-order valence-electron chi connectivity index (χ1n) is 7.80. The van der Waals surface area contributed by atoms with Crippen LogP contribution in [0.15, 0.2) is 36.4 Å². The number of hydrogen-bond donors (Lipinski definition) is 1. The maximum absolute atomic E-state index is 12.2. The van der Waals surface area contributed by atoms with Gasteiger partial charge in [-0.15, -0.1) is 0 Å². The molecule has 1 aromatic carbocycles. The monoisotopic (exact) mass is 311 g/mol. The van der Waals surface area contributed by atoms with Crippen molar-refractivity contribution in [2.24, 2.45) is 0 Å². The van der Waals surface area contributed by atoms with Crippen molar-refractivity contribution in [3.63, 3.8) is 0 Å². The first-order valence-corrected chi connectivity index (χ1v) is 7.80. The van der Waals surface area contributed by atoms with E-state index in [2.05, 4.69) is 10.3 Å². The molecule has 118 valence electrons. The quantitative estimate of drug-likeness (QED) is 0.921. The number of carbonyl (C=O) groups is 2. The van der Waals surface area contributed by atoms with Crippen molar-refractivity contribution in [2.75, 3.05) is 13.1 Å². The maximum atomic E-state index is 12.2. The molecule has 2 aromatic rings. The number of fused-ring (bicyclic) bond motifs is 1. The molecular weight excluding hydrogens is 294 g/mol. The molecule has 1 atom stereocenters. The molecule has 6 heteroatoms. The number of nitrogens with zero attached hydrogens (tertiary/aromatic N) is 2. The fraction of sp³-hybridized carbons (Fsp3) is 0.353. The molecule has 23 heavy (non-hydrogen) atoms. The Morgan fingerprint density at radius 3 is 2.83 bits per heavy atom. The highest BCUT2D eigenvalue weighted by Gasteiger charge is 2.38. The molecule has 0 aliphatic carbocycles. The number of aromatic nitrogens is 1. The Balaban J connectivity index is 1.34. The van der Waals surface area contributed by atoms with Crippen LogP contribution in [-0.4, -0.2) is 46.9 Å². The summed E-state index contributed by atoms with van der Waals surface area (Å²) >= 11 is 0. The third-order valence-corrected chi connectivity index (χ3v) is 4.31. The number of nitrogens with one attached hydrogen (secondary N) is 1. The lowest BCUT2D eigenvalue weighted by molar-refractivity contribution is -0.142. The number of para-hydroxylation sites is 1. The number of likely N-dealkylation sites (tertiary alicyclic amines) is 1. The summed E-state index contributed by atoms with van der Waals surface area (Å²) in [5.41, 5.74) is 0.894. The molecule has 6 nitrogen and oxygen atoms in total. The van der Waals surface area contributed by atoms with Gasteiger partial charge in [0.15, 0.2) is 0 Å². The fourth-order valence-electron chi connectivity index (χ4n) is 3.00. The smallest absolute Gasteiger partial charge is 0.245 e. The molecule has 0 radical (unpaired) electrons. The molecule has 2 aliphatic rings. The van der Waals surface area contributed by atoms with E-state index in [9.17, 15) is 9.59 Å². The second-order valence-corrected chi connectivity index (χ2v) is 5.98. The van der Waals surface area contributed by atoms with Crippen LogP contribution < -0.4 is 10.1 Å². The Morgan fingerprint density at radius 2 is 2.04 bits per heavy atom. The Bertz CT molecular complexity index is 771. The van der Waals surface area contributed by atoms with E-state index in [1.165, 1.54) is 0 Å². The van der Waals surface area contributed by atoms with Crippen molar-refractivity contribution in [3.05, 3.63) is 36.4 Å². The topological polar surface area (TPSA) is 71.5 Å². The van der Waals surface area contributed by atoms with Crippen molar-refractivity contribution in [1.29, 1.82) is 0 Å². The van der Waals surface area contributed by atoms with Crippen molar-refractivity contribution in [3.8, 4) is 5.88 Å². The number of carbonyl (C=O) groups excluding carboxylic acids is 2. The third kappa shape index (κ3) is 2.72. The van der Waals surface area contributed by atoms with E-state index in [-0.39, 0.29) is 24.0 Å². The third-order valence-electron chi connectivity index (χ3n) is 4.31. The van der Waals surface area contributed by atoms with Crippen LogP contribution in [0.2, 0.25) is 0 Å². The van der Waals surface area contributed by atoms with Gasteiger partial charge in [0.05, 0.1) is 18.6 Å². The maximum Gasteiger partial charge on any atom is 0.245 e. The SMILES string of the molecule is O=C1CCC(C(=O)N2CC(Oc3ccc4ccccc4n3)C2)N1. The van der Waals surface area contributed by atoms with Crippen molar-refractivity contribution in [2.45, 2.75) is 25.0 Å². The predicted molar refractivity (Wildman–Crippen MR) is 83.9 cm³/mol. The minimum Gasteiger partial charge on any atom is -0.471 e. The summed E-state index contributed by atoms with van der Waals surface area (Å²) in [6.45, 7) is 1.08. The molecule has 1 unspecified atom stereocenters. The van der Waals surface area contributed by atoms with Crippen LogP contribution in [0.5, 0.6) is 5.88 Å². The van der Waals surface area contributed by atoms with Crippen LogP contribution in [0.3, 0.4) is 0 Å². The van der Waals surface area contributed by atoms with Crippen LogP contribution in [0.25, 0.3) is 10.9 Å². The highest BCUT2D eigenvalue weighted by atomic mass is 16.5. The first-order chi connectivity index (χ1) is 11.2. The summed E-state index contributed by atoms with van der Waals surface area (Å²) in [7, 11) is 0. The van der Waals surface area contributed by atoms with Crippen LogP contribution in [-0.2, 0) is 9.59 Å². The summed E-state index contributed by atoms with van der Waals surface area (Å²) in [6, 6.07) is 11.3. The van der Waals surface area contributed by atoms with Crippen LogP contribution in [0.4, 0.5) is 0 Å². The highest BCUT2D eigenvalue weighted by molar-refractivity contribution is 5.91. The van der Waals surface area contributed by atoms with E-state index in [1.807, 2.05) is 36.4 Å². The van der Waals surface area contributed by atoms with Crippen LogP contribution in [0, 0.1) is 0 Å². The van der Waals surface area contributed by atoms with Gasteiger partial charge in [0, 0.05) is 17.9 Å². The van der Waals surface area contributed by atoms with E-state index in [0.29, 0.717) is 31.8 Å². The molecule has 2 fully saturated rings. The number of rotatable bonds is 3. The Labute approximate surface area is 133 Å². The Morgan fingerprint density at radius 1 is 1.22 bits per heavy atom.